The zero-order valence-electron chi connectivity index (χ0n) is 10.2. The van der Waals surface area contributed by atoms with Crippen molar-refractivity contribution in [2.75, 3.05) is 19.8 Å². The maximum absolute atomic E-state index is 11.4. The number of rotatable bonds is 7. The number of nitrogens with two attached hydrogens (primary N) is 1. The van der Waals surface area contributed by atoms with Crippen molar-refractivity contribution in [3.05, 3.63) is 0 Å². The largest absolute Gasteiger partial charge is 0.465 e. The highest BCUT2D eigenvalue weighted by Crippen LogP contribution is 2.08. The molecule has 0 aromatic heterocycles. The molecule has 4 heteroatoms. The summed E-state index contributed by atoms with van der Waals surface area (Å²) in [5.41, 5.74) is 4.87. The predicted octanol–water partition coefficient (Wildman–Crippen LogP) is 1.33. The van der Waals surface area contributed by atoms with Gasteiger partial charge in [-0.3, -0.25) is 4.79 Å². The molecule has 1 atom stereocenters. The maximum Gasteiger partial charge on any atom is 0.325 e. The van der Waals surface area contributed by atoms with Crippen LogP contribution in [-0.4, -0.2) is 31.3 Å². The van der Waals surface area contributed by atoms with Crippen molar-refractivity contribution < 1.29 is 14.3 Å². The van der Waals surface area contributed by atoms with Crippen LogP contribution in [0.3, 0.4) is 0 Å². The summed E-state index contributed by atoms with van der Waals surface area (Å²) in [4.78, 5) is 11.4. The Balaban J connectivity index is 3.78. The van der Waals surface area contributed by atoms with Gasteiger partial charge in [0, 0.05) is 13.2 Å². The van der Waals surface area contributed by atoms with Gasteiger partial charge in [-0.2, -0.15) is 0 Å². The van der Waals surface area contributed by atoms with E-state index in [0.717, 1.165) is 0 Å². The molecule has 0 fully saturated rings. The lowest BCUT2D eigenvalue weighted by atomic mass is 10.0. The van der Waals surface area contributed by atoms with Gasteiger partial charge in [-0.1, -0.05) is 13.8 Å². The molecule has 0 saturated heterocycles. The zero-order chi connectivity index (χ0) is 11.9. The van der Waals surface area contributed by atoms with Gasteiger partial charge in [0.1, 0.15) is 5.54 Å². The van der Waals surface area contributed by atoms with E-state index in [-0.39, 0.29) is 5.97 Å². The van der Waals surface area contributed by atoms with E-state index >= 15 is 0 Å². The Kier molecular flexibility index (Phi) is 6.52. The molecule has 0 aromatic carbocycles. The number of esters is 1. The summed E-state index contributed by atoms with van der Waals surface area (Å²) in [6.07, 6.45) is 0.485. The van der Waals surface area contributed by atoms with Gasteiger partial charge in [0.05, 0.1) is 6.61 Å². The zero-order valence-corrected chi connectivity index (χ0v) is 10.2. The minimum absolute atomic E-state index is 0.360. The van der Waals surface area contributed by atoms with E-state index in [1.165, 1.54) is 0 Å². The Labute approximate surface area is 92.1 Å². The summed E-state index contributed by atoms with van der Waals surface area (Å²) in [6, 6.07) is 0. The van der Waals surface area contributed by atoms with E-state index in [9.17, 15) is 4.79 Å². The van der Waals surface area contributed by atoms with Gasteiger partial charge in [0.25, 0.3) is 0 Å². The fourth-order valence-corrected chi connectivity index (χ4v) is 1.00. The molecule has 0 radical (unpaired) electrons. The van der Waals surface area contributed by atoms with Crippen LogP contribution in [0.15, 0.2) is 0 Å². The quantitative estimate of drug-likeness (QED) is 0.516. The Morgan fingerprint density at radius 2 is 2.07 bits per heavy atom. The molecule has 0 aliphatic heterocycles. The minimum atomic E-state index is -0.938. The van der Waals surface area contributed by atoms with Gasteiger partial charge in [0.2, 0.25) is 0 Å². The van der Waals surface area contributed by atoms with Crippen LogP contribution in [0.5, 0.6) is 0 Å². The summed E-state index contributed by atoms with van der Waals surface area (Å²) in [7, 11) is 0. The molecule has 0 amide bonds. The van der Waals surface area contributed by atoms with E-state index in [0.29, 0.717) is 32.2 Å². The molecule has 4 nitrogen and oxygen atoms in total. The number of hydrogen-bond donors (Lipinski definition) is 1. The van der Waals surface area contributed by atoms with Gasteiger partial charge < -0.3 is 15.2 Å². The van der Waals surface area contributed by atoms with Crippen molar-refractivity contribution in [3.63, 3.8) is 0 Å². The molecule has 2 N–H and O–H groups in total. The highest BCUT2D eigenvalue weighted by molar-refractivity contribution is 5.79. The van der Waals surface area contributed by atoms with Gasteiger partial charge in [0.15, 0.2) is 0 Å². The van der Waals surface area contributed by atoms with Crippen LogP contribution in [0.25, 0.3) is 0 Å². The lowest BCUT2D eigenvalue weighted by Gasteiger charge is -2.22. The van der Waals surface area contributed by atoms with E-state index < -0.39 is 5.54 Å². The smallest absolute Gasteiger partial charge is 0.325 e. The maximum atomic E-state index is 11.4. The highest BCUT2D eigenvalue weighted by atomic mass is 16.5. The third kappa shape index (κ3) is 6.47. The van der Waals surface area contributed by atoms with Crippen molar-refractivity contribution >= 4 is 5.97 Å². The molecule has 0 saturated carbocycles. The summed E-state index contributed by atoms with van der Waals surface area (Å²) in [5.74, 6) is 0.134. The Morgan fingerprint density at radius 3 is 2.53 bits per heavy atom. The average Bonchev–Trinajstić information content (AvgIpc) is 2.12. The monoisotopic (exact) mass is 217 g/mol. The molecule has 15 heavy (non-hydrogen) atoms. The SMILES string of the molecule is CCOC(=O)C(C)(N)CCOCC(C)C. The number of carbonyl (C=O) groups is 1. The summed E-state index contributed by atoms with van der Waals surface area (Å²) in [5, 5.41) is 0. The van der Waals surface area contributed by atoms with Gasteiger partial charge >= 0.3 is 5.97 Å². The molecular weight excluding hydrogens is 194 g/mol. The molecule has 0 heterocycles. The van der Waals surface area contributed by atoms with Crippen molar-refractivity contribution in [2.24, 2.45) is 11.7 Å². The molecule has 0 bridgehead atoms. The number of carbonyl (C=O) groups excluding carboxylic acids is 1. The van der Waals surface area contributed by atoms with E-state index in [2.05, 4.69) is 13.8 Å². The van der Waals surface area contributed by atoms with Gasteiger partial charge in [-0.15, -0.1) is 0 Å². The van der Waals surface area contributed by atoms with E-state index in [4.69, 9.17) is 15.2 Å². The molecule has 0 aromatic rings. The average molecular weight is 217 g/mol. The first-order valence-electron chi connectivity index (χ1n) is 5.44. The Morgan fingerprint density at radius 1 is 1.47 bits per heavy atom. The normalized spacial score (nSPS) is 15.1. The highest BCUT2D eigenvalue weighted by Gasteiger charge is 2.29. The van der Waals surface area contributed by atoms with Crippen molar-refractivity contribution in [3.8, 4) is 0 Å². The summed E-state index contributed by atoms with van der Waals surface area (Å²) < 4.78 is 10.2. The molecule has 1 unspecified atom stereocenters. The minimum Gasteiger partial charge on any atom is -0.465 e. The van der Waals surface area contributed by atoms with Gasteiger partial charge in [-0.05, 0) is 26.2 Å². The Hall–Kier alpha value is -0.610. The molecule has 90 valence electrons. The fourth-order valence-electron chi connectivity index (χ4n) is 1.00. The van der Waals surface area contributed by atoms with Crippen LogP contribution in [0, 0.1) is 5.92 Å². The standard InChI is InChI=1S/C11H23NO3/c1-5-15-10(13)11(4,12)6-7-14-8-9(2)3/h9H,5-8,12H2,1-4H3. The third-order valence-corrected chi connectivity index (χ3v) is 1.96. The predicted molar refractivity (Wildman–Crippen MR) is 59.5 cm³/mol. The second-order valence-electron chi connectivity index (χ2n) is 4.36. The lowest BCUT2D eigenvalue weighted by molar-refractivity contribution is -0.149. The molecular formula is C11H23NO3. The topological polar surface area (TPSA) is 61.5 Å². The Bertz CT molecular complexity index is 190. The van der Waals surface area contributed by atoms with Crippen molar-refractivity contribution in [1.82, 2.24) is 0 Å². The molecule has 0 aliphatic carbocycles. The lowest BCUT2D eigenvalue weighted by Crippen LogP contribution is -2.47. The first kappa shape index (κ1) is 14.4. The number of ether oxygens (including phenoxy) is 2. The number of hydrogen-bond acceptors (Lipinski definition) is 4. The van der Waals surface area contributed by atoms with Crippen molar-refractivity contribution in [2.45, 2.75) is 39.7 Å². The molecule has 0 aliphatic rings. The fraction of sp³-hybridized carbons (Fsp3) is 0.909. The van der Waals surface area contributed by atoms with Crippen LogP contribution in [0.2, 0.25) is 0 Å². The van der Waals surface area contributed by atoms with Gasteiger partial charge in [-0.25, -0.2) is 0 Å². The third-order valence-electron chi connectivity index (χ3n) is 1.96. The first-order chi connectivity index (χ1) is 6.90. The second kappa shape index (κ2) is 6.80. The van der Waals surface area contributed by atoms with Crippen LogP contribution in [0.1, 0.15) is 34.1 Å². The summed E-state index contributed by atoms with van der Waals surface area (Å²) >= 11 is 0. The first-order valence-corrected chi connectivity index (χ1v) is 5.44. The van der Waals surface area contributed by atoms with Crippen LogP contribution < -0.4 is 5.73 Å². The second-order valence-corrected chi connectivity index (χ2v) is 4.36. The van der Waals surface area contributed by atoms with Crippen LogP contribution >= 0.6 is 0 Å². The van der Waals surface area contributed by atoms with Crippen LogP contribution in [0.4, 0.5) is 0 Å². The van der Waals surface area contributed by atoms with Crippen LogP contribution in [-0.2, 0) is 14.3 Å². The summed E-state index contributed by atoms with van der Waals surface area (Å²) in [6.45, 7) is 9.13. The van der Waals surface area contributed by atoms with E-state index in [1.807, 2.05) is 0 Å². The molecule has 0 rings (SSSR count). The molecule has 0 spiro atoms. The van der Waals surface area contributed by atoms with E-state index in [1.54, 1.807) is 13.8 Å². The van der Waals surface area contributed by atoms with Crippen molar-refractivity contribution in [1.29, 1.82) is 0 Å².